The Morgan fingerprint density at radius 3 is 2.59 bits per heavy atom. The number of thiophene rings is 1. The first-order valence-corrected chi connectivity index (χ1v) is 7.74. The molecule has 0 saturated heterocycles. The molecule has 2 heterocycles. The van der Waals surface area contributed by atoms with Crippen molar-refractivity contribution < 1.29 is 9.53 Å². The monoisotopic (exact) mass is 313 g/mol. The van der Waals surface area contributed by atoms with Crippen LogP contribution in [0.25, 0.3) is 10.2 Å². The van der Waals surface area contributed by atoms with Crippen LogP contribution < -0.4 is 10.3 Å². The molecule has 0 spiro atoms. The van der Waals surface area contributed by atoms with Crippen molar-refractivity contribution in [3.8, 4) is 5.75 Å². The predicted molar refractivity (Wildman–Crippen MR) is 88.2 cm³/mol. The van der Waals surface area contributed by atoms with Crippen LogP contribution in [0, 0.1) is 0 Å². The second kappa shape index (κ2) is 5.77. The number of ether oxygens (including phenoxy) is 1. The van der Waals surface area contributed by atoms with Gasteiger partial charge in [-0.1, -0.05) is 30.3 Å². The average molecular weight is 313 g/mol. The van der Waals surface area contributed by atoms with Crippen LogP contribution >= 0.6 is 11.3 Å². The van der Waals surface area contributed by atoms with Gasteiger partial charge in [-0.25, -0.2) is 0 Å². The number of hydrogen-bond acceptors (Lipinski definition) is 4. The number of fused-ring (bicyclic) bond motifs is 1. The van der Waals surface area contributed by atoms with E-state index in [1.54, 1.807) is 4.57 Å². The molecule has 0 radical (unpaired) electrons. The largest absolute Gasteiger partial charge is 0.491 e. The molecule has 0 N–H and O–H groups in total. The summed E-state index contributed by atoms with van der Waals surface area (Å²) in [4.78, 5) is 24.7. The fourth-order valence-electron chi connectivity index (χ4n) is 2.58. The van der Waals surface area contributed by atoms with Gasteiger partial charge in [0, 0.05) is 0 Å². The van der Waals surface area contributed by atoms with Crippen LogP contribution in [0.3, 0.4) is 0 Å². The highest BCUT2D eigenvalue weighted by molar-refractivity contribution is 7.17. The third kappa shape index (κ3) is 2.33. The molecule has 3 rings (SSSR count). The molecular formula is C17H15NO3S. The van der Waals surface area contributed by atoms with E-state index in [0.29, 0.717) is 12.1 Å². The number of rotatable bonds is 4. The quantitative estimate of drug-likeness (QED) is 0.694. The van der Waals surface area contributed by atoms with Gasteiger partial charge in [0.1, 0.15) is 0 Å². The fourth-order valence-corrected chi connectivity index (χ4v) is 3.56. The highest BCUT2D eigenvalue weighted by Gasteiger charge is 2.21. The van der Waals surface area contributed by atoms with Gasteiger partial charge in [0.2, 0.25) is 0 Å². The number of ketones is 1. The number of carbonyl (C=O) groups excluding carboxylic acids is 1. The van der Waals surface area contributed by atoms with Crippen molar-refractivity contribution in [2.45, 2.75) is 13.5 Å². The first-order chi connectivity index (χ1) is 10.6. The van der Waals surface area contributed by atoms with Gasteiger partial charge in [-0.3, -0.25) is 14.2 Å². The Morgan fingerprint density at radius 1 is 1.23 bits per heavy atom. The Balaban J connectivity index is 2.29. The zero-order valence-electron chi connectivity index (χ0n) is 12.3. The molecule has 0 atom stereocenters. The van der Waals surface area contributed by atoms with E-state index in [1.807, 2.05) is 41.8 Å². The van der Waals surface area contributed by atoms with E-state index >= 15 is 0 Å². The van der Waals surface area contributed by atoms with Crippen LogP contribution in [-0.4, -0.2) is 17.5 Å². The van der Waals surface area contributed by atoms with Crippen LogP contribution in [0.4, 0.5) is 0 Å². The molecule has 0 aliphatic carbocycles. The Labute approximate surface area is 131 Å². The Bertz CT molecular complexity index is 893. The molecule has 0 aliphatic rings. The summed E-state index contributed by atoms with van der Waals surface area (Å²) in [6.07, 6.45) is 0. The molecule has 0 saturated carbocycles. The van der Waals surface area contributed by atoms with Crippen molar-refractivity contribution in [1.82, 2.24) is 4.57 Å². The maximum absolute atomic E-state index is 12.7. The third-order valence-electron chi connectivity index (χ3n) is 3.57. The number of pyridine rings is 1. The Kier molecular flexibility index (Phi) is 3.81. The minimum absolute atomic E-state index is 0.124. The van der Waals surface area contributed by atoms with Gasteiger partial charge in [0.15, 0.2) is 11.5 Å². The second-order valence-corrected chi connectivity index (χ2v) is 5.89. The summed E-state index contributed by atoms with van der Waals surface area (Å²) in [5, 5.41) is 1.89. The average Bonchev–Trinajstić information content (AvgIpc) is 2.99. The molecule has 0 aliphatic heterocycles. The molecule has 112 valence electrons. The summed E-state index contributed by atoms with van der Waals surface area (Å²) < 4.78 is 7.70. The van der Waals surface area contributed by atoms with E-state index in [0.717, 1.165) is 15.8 Å². The number of nitrogens with zero attached hydrogens (tertiary/aromatic N) is 1. The van der Waals surface area contributed by atoms with Gasteiger partial charge < -0.3 is 4.74 Å². The summed E-state index contributed by atoms with van der Waals surface area (Å²) in [6.45, 7) is 1.90. The van der Waals surface area contributed by atoms with Crippen molar-refractivity contribution >= 4 is 27.3 Å². The first-order valence-electron chi connectivity index (χ1n) is 6.86. The van der Waals surface area contributed by atoms with E-state index in [-0.39, 0.29) is 17.1 Å². The van der Waals surface area contributed by atoms with Gasteiger partial charge in [-0.05, 0) is 23.9 Å². The topological polar surface area (TPSA) is 48.3 Å². The summed E-state index contributed by atoms with van der Waals surface area (Å²) in [5.41, 5.74) is 1.89. The summed E-state index contributed by atoms with van der Waals surface area (Å²) >= 11 is 1.44. The minimum Gasteiger partial charge on any atom is -0.491 e. The highest BCUT2D eigenvalue weighted by Crippen LogP contribution is 2.30. The number of benzene rings is 1. The molecule has 2 aromatic heterocycles. The fraction of sp³-hybridized carbons (Fsp3) is 0.176. The Hall–Kier alpha value is -2.40. The van der Waals surface area contributed by atoms with Crippen LogP contribution in [0.5, 0.6) is 5.75 Å². The molecule has 0 fully saturated rings. The van der Waals surface area contributed by atoms with E-state index < -0.39 is 0 Å². The van der Waals surface area contributed by atoms with Crippen LogP contribution in [0.1, 0.15) is 22.8 Å². The SMILES string of the molecule is COc1c(C(C)=O)c2sccc2n(Cc2ccccc2)c1=O. The number of carbonyl (C=O) groups is 1. The van der Waals surface area contributed by atoms with Gasteiger partial charge in [0.05, 0.1) is 29.4 Å². The second-order valence-electron chi connectivity index (χ2n) is 4.98. The molecular weight excluding hydrogens is 298 g/mol. The van der Waals surface area contributed by atoms with E-state index in [1.165, 1.54) is 25.4 Å². The van der Waals surface area contributed by atoms with E-state index in [2.05, 4.69) is 0 Å². The molecule has 1 aromatic carbocycles. The van der Waals surface area contributed by atoms with E-state index in [9.17, 15) is 9.59 Å². The lowest BCUT2D eigenvalue weighted by atomic mass is 10.1. The zero-order chi connectivity index (χ0) is 15.7. The normalized spacial score (nSPS) is 10.8. The van der Waals surface area contributed by atoms with Crippen molar-refractivity contribution in [2.24, 2.45) is 0 Å². The number of Topliss-reactive ketones (excluding diaryl/α,β-unsaturated/α-hetero) is 1. The lowest BCUT2D eigenvalue weighted by Gasteiger charge is -2.13. The molecule has 0 bridgehead atoms. The number of hydrogen-bond donors (Lipinski definition) is 0. The standard InChI is InChI=1S/C17H15NO3S/c1-11(19)14-15(21-2)17(20)18(13-8-9-22-16(13)14)10-12-6-4-3-5-7-12/h3-9H,10H2,1-2H3. The molecule has 4 nitrogen and oxygen atoms in total. The number of aromatic nitrogens is 1. The van der Waals surface area contributed by atoms with Gasteiger partial charge in [-0.15, -0.1) is 11.3 Å². The molecule has 0 amide bonds. The first kappa shape index (κ1) is 14.5. The maximum Gasteiger partial charge on any atom is 0.294 e. The molecule has 3 aromatic rings. The summed E-state index contributed by atoms with van der Waals surface area (Å²) in [6, 6.07) is 11.6. The minimum atomic E-state index is -0.276. The third-order valence-corrected chi connectivity index (χ3v) is 4.49. The van der Waals surface area contributed by atoms with Gasteiger partial charge >= 0.3 is 0 Å². The van der Waals surface area contributed by atoms with Crippen LogP contribution in [0.15, 0.2) is 46.6 Å². The molecule has 22 heavy (non-hydrogen) atoms. The maximum atomic E-state index is 12.7. The zero-order valence-corrected chi connectivity index (χ0v) is 13.1. The summed E-state index contributed by atoms with van der Waals surface area (Å²) in [5.74, 6) is -0.0355. The van der Waals surface area contributed by atoms with Crippen LogP contribution in [-0.2, 0) is 6.54 Å². The highest BCUT2D eigenvalue weighted by atomic mass is 32.1. The molecule has 0 unspecified atom stereocenters. The lowest BCUT2D eigenvalue weighted by molar-refractivity contribution is 0.101. The van der Waals surface area contributed by atoms with Crippen LogP contribution in [0.2, 0.25) is 0 Å². The van der Waals surface area contributed by atoms with Crippen molar-refractivity contribution in [2.75, 3.05) is 7.11 Å². The summed E-state index contributed by atoms with van der Waals surface area (Å²) in [7, 11) is 1.43. The predicted octanol–water partition coefficient (Wildman–Crippen LogP) is 3.32. The van der Waals surface area contributed by atoms with E-state index in [4.69, 9.17) is 4.74 Å². The van der Waals surface area contributed by atoms with Gasteiger partial charge in [0.25, 0.3) is 5.56 Å². The smallest absolute Gasteiger partial charge is 0.294 e. The lowest BCUT2D eigenvalue weighted by Crippen LogP contribution is -2.24. The van der Waals surface area contributed by atoms with Crippen molar-refractivity contribution in [1.29, 1.82) is 0 Å². The van der Waals surface area contributed by atoms with Crippen molar-refractivity contribution in [3.05, 3.63) is 63.3 Å². The van der Waals surface area contributed by atoms with Gasteiger partial charge in [-0.2, -0.15) is 0 Å². The number of methoxy groups -OCH3 is 1. The molecule has 5 heteroatoms. The van der Waals surface area contributed by atoms with Crippen molar-refractivity contribution in [3.63, 3.8) is 0 Å². The Morgan fingerprint density at radius 2 is 1.95 bits per heavy atom.